The average Bonchev–Trinajstić information content (AvgIpc) is 1.96. The summed E-state index contributed by atoms with van der Waals surface area (Å²) in [5.74, 6) is 0. The molecule has 0 saturated heterocycles. The lowest BCUT2D eigenvalue weighted by Crippen LogP contribution is -2.27. The summed E-state index contributed by atoms with van der Waals surface area (Å²) in [5, 5.41) is 3.22. The zero-order valence-corrected chi connectivity index (χ0v) is 10.7. The molecule has 0 radical (unpaired) electrons. The highest BCUT2D eigenvalue weighted by Gasteiger charge is 2.16. The van der Waals surface area contributed by atoms with Gasteiger partial charge in [0, 0.05) is 10.7 Å². The Morgan fingerprint density at radius 2 is 1.94 bits per heavy atom. The quantitative estimate of drug-likeness (QED) is 0.807. The van der Waals surface area contributed by atoms with Crippen LogP contribution in [0.2, 0.25) is 5.02 Å². The minimum absolute atomic E-state index is 0.478. The molecule has 0 aliphatic heterocycles. The zero-order chi connectivity index (χ0) is 12.3. The molecule has 16 heavy (non-hydrogen) atoms. The molecule has 1 aromatic rings. The van der Waals surface area contributed by atoms with Crippen molar-refractivity contribution in [1.29, 1.82) is 0 Å². The predicted octanol–water partition coefficient (Wildman–Crippen LogP) is 4.00. The number of nitrogens with one attached hydrogen (secondary N) is 1. The van der Waals surface area contributed by atoms with E-state index in [2.05, 4.69) is 5.32 Å². The molecule has 1 rings (SSSR count). The molecule has 0 saturated carbocycles. The highest BCUT2D eigenvalue weighted by molar-refractivity contribution is 6.31. The minimum Gasteiger partial charge on any atom is -0.444 e. The van der Waals surface area contributed by atoms with E-state index >= 15 is 0 Å². The number of ether oxygens (including phenoxy) is 1. The van der Waals surface area contributed by atoms with Gasteiger partial charge < -0.3 is 4.74 Å². The first-order valence-electron chi connectivity index (χ1n) is 5.03. The first-order valence-corrected chi connectivity index (χ1v) is 5.41. The number of rotatable bonds is 1. The van der Waals surface area contributed by atoms with E-state index in [0.717, 1.165) is 5.56 Å². The molecule has 0 bridgehead atoms. The number of anilines is 1. The number of carbonyl (C=O) groups excluding carboxylic acids is 1. The fourth-order valence-corrected chi connectivity index (χ4v) is 1.52. The third-order valence-corrected chi connectivity index (χ3v) is 1.91. The number of halogens is 1. The number of benzene rings is 1. The van der Waals surface area contributed by atoms with Crippen LogP contribution >= 0.6 is 11.6 Å². The summed E-state index contributed by atoms with van der Waals surface area (Å²) in [5.41, 5.74) is 1.12. The number of aryl methyl sites for hydroxylation is 1. The molecule has 0 aliphatic carbocycles. The van der Waals surface area contributed by atoms with E-state index in [9.17, 15) is 4.79 Å². The van der Waals surface area contributed by atoms with Gasteiger partial charge in [-0.1, -0.05) is 11.6 Å². The zero-order valence-electron chi connectivity index (χ0n) is 9.93. The molecule has 88 valence electrons. The normalized spacial score (nSPS) is 11.1. The van der Waals surface area contributed by atoms with Gasteiger partial charge in [0.15, 0.2) is 0 Å². The molecule has 0 unspecified atom stereocenters. The van der Waals surface area contributed by atoms with E-state index in [4.69, 9.17) is 16.3 Å². The Bertz CT molecular complexity index is 376. The van der Waals surface area contributed by atoms with Gasteiger partial charge in [-0.2, -0.15) is 0 Å². The van der Waals surface area contributed by atoms with E-state index in [-0.39, 0.29) is 0 Å². The molecule has 0 aliphatic rings. The summed E-state index contributed by atoms with van der Waals surface area (Å²) in [7, 11) is 0. The number of carbonyl (C=O) groups is 1. The Hall–Kier alpha value is -1.22. The van der Waals surface area contributed by atoms with Gasteiger partial charge in [0.25, 0.3) is 0 Å². The second-order valence-electron chi connectivity index (χ2n) is 4.64. The topological polar surface area (TPSA) is 38.3 Å². The molecule has 0 aromatic heterocycles. The van der Waals surface area contributed by atoms with Gasteiger partial charge in [0.1, 0.15) is 5.60 Å². The first-order chi connectivity index (χ1) is 7.26. The maximum Gasteiger partial charge on any atom is 0.412 e. The molecule has 3 nitrogen and oxygen atoms in total. The molecule has 4 heteroatoms. The lowest BCUT2D eigenvalue weighted by Gasteiger charge is -2.19. The van der Waals surface area contributed by atoms with Crippen molar-refractivity contribution in [2.24, 2.45) is 0 Å². The van der Waals surface area contributed by atoms with E-state index < -0.39 is 11.7 Å². The average molecular weight is 242 g/mol. The molecule has 0 heterocycles. The fourth-order valence-electron chi connectivity index (χ4n) is 1.23. The summed E-state index contributed by atoms with van der Waals surface area (Å²) in [4.78, 5) is 11.5. The lowest BCUT2D eigenvalue weighted by molar-refractivity contribution is 0.0636. The summed E-state index contributed by atoms with van der Waals surface area (Å²) in [6.45, 7) is 7.35. The predicted molar refractivity (Wildman–Crippen MR) is 66.0 cm³/mol. The lowest BCUT2D eigenvalue weighted by atomic mass is 10.2. The number of hydrogen-bond donors (Lipinski definition) is 1. The summed E-state index contributed by atoms with van der Waals surface area (Å²) in [6, 6.07) is 5.33. The number of hydrogen-bond acceptors (Lipinski definition) is 2. The third kappa shape index (κ3) is 4.53. The molecular formula is C12H16ClNO2. The molecule has 0 atom stereocenters. The summed E-state index contributed by atoms with van der Waals surface area (Å²) in [6.07, 6.45) is -0.478. The first kappa shape index (κ1) is 12.8. The van der Waals surface area contributed by atoms with Gasteiger partial charge in [0.2, 0.25) is 0 Å². The van der Waals surface area contributed by atoms with Crippen molar-refractivity contribution >= 4 is 23.4 Å². The van der Waals surface area contributed by atoms with Crippen LogP contribution in [0.3, 0.4) is 0 Å². The van der Waals surface area contributed by atoms with Gasteiger partial charge in [-0.3, -0.25) is 5.32 Å². The Kier molecular flexibility index (Phi) is 3.81. The standard InChI is InChI=1S/C12H16ClNO2/c1-8-5-9(13)7-10(6-8)14-11(15)16-12(2,3)4/h5-7H,1-4H3,(H,14,15). The second-order valence-corrected chi connectivity index (χ2v) is 5.08. The van der Waals surface area contributed by atoms with E-state index in [1.165, 1.54) is 0 Å². The van der Waals surface area contributed by atoms with Gasteiger partial charge in [0.05, 0.1) is 0 Å². The largest absolute Gasteiger partial charge is 0.444 e. The van der Waals surface area contributed by atoms with Crippen LogP contribution in [0.1, 0.15) is 26.3 Å². The van der Waals surface area contributed by atoms with Crippen LogP contribution in [0.4, 0.5) is 10.5 Å². The van der Waals surface area contributed by atoms with Crippen molar-refractivity contribution in [3.8, 4) is 0 Å². The Labute approximate surface area is 101 Å². The summed E-state index contributed by atoms with van der Waals surface area (Å²) < 4.78 is 5.13. The van der Waals surface area contributed by atoms with E-state index in [1.54, 1.807) is 6.07 Å². The summed E-state index contributed by atoms with van der Waals surface area (Å²) >= 11 is 5.87. The monoisotopic (exact) mass is 241 g/mol. The van der Waals surface area contributed by atoms with Crippen molar-refractivity contribution in [2.75, 3.05) is 5.32 Å². The van der Waals surface area contributed by atoms with Crippen LogP contribution in [-0.4, -0.2) is 11.7 Å². The molecule has 0 fully saturated rings. The van der Waals surface area contributed by atoms with E-state index in [1.807, 2.05) is 39.8 Å². The maximum absolute atomic E-state index is 11.5. The van der Waals surface area contributed by atoms with Crippen LogP contribution in [0, 0.1) is 6.92 Å². The van der Waals surface area contributed by atoms with Crippen LogP contribution in [0.5, 0.6) is 0 Å². The van der Waals surface area contributed by atoms with Crippen molar-refractivity contribution < 1.29 is 9.53 Å². The molecule has 1 aromatic carbocycles. The number of amides is 1. The fraction of sp³-hybridized carbons (Fsp3) is 0.417. The molecular weight excluding hydrogens is 226 g/mol. The Morgan fingerprint density at radius 3 is 2.44 bits per heavy atom. The maximum atomic E-state index is 11.5. The third-order valence-electron chi connectivity index (χ3n) is 1.69. The minimum atomic E-state index is -0.502. The van der Waals surface area contributed by atoms with Crippen molar-refractivity contribution in [3.63, 3.8) is 0 Å². The van der Waals surface area contributed by atoms with E-state index in [0.29, 0.717) is 10.7 Å². The van der Waals surface area contributed by atoms with Gasteiger partial charge >= 0.3 is 6.09 Å². The Balaban J connectivity index is 2.70. The van der Waals surface area contributed by atoms with Crippen LogP contribution in [0.25, 0.3) is 0 Å². The second kappa shape index (κ2) is 4.74. The molecule has 0 spiro atoms. The SMILES string of the molecule is Cc1cc(Cl)cc(NC(=O)OC(C)(C)C)c1. The molecule has 1 amide bonds. The van der Waals surface area contributed by atoms with Crippen molar-refractivity contribution in [3.05, 3.63) is 28.8 Å². The van der Waals surface area contributed by atoms with Crippen LogP contribution in [0.15, 0.2) is 18.2 Å². The van der Waals surface area contributed by atoms with Gasteiger partial charge in [-0.05, 0) is 51.5 Å². The van der Waals surface area contributed by atoms with Crippen molar-refractivity contribution in [1.82, 2.24) is 0 Å². The van der Waals surface area contributed by atoms with Gasteiger partial charge in [-0.15, -0.1) is 0 Å². The molecule has 1 N–H and O–H groups in total. The smallest absolute Gasteiger partial charge is 0.412 e. The highest BCUT2D eigenvalue weighted by Crippen LogP contribution is 2.19. The Morgan fingerprint density at radius 1 is 1.31 bits per heavy atom. The van der Waals surface area contributed by atoms with Crippen LogP contribution in [-0.2, 0) is 4.74 Å². The van der Waals surface area contributed by atoms with Crippen LogP contribution < -0.4 is 5.32 Å². The van der Waals surface area contributed by atoms with Crippen molar-refractivity contribution in [2.45, 2.75) is 33.3 Å². The van der Waals surface area contributed by atoms with Gasteiger partial charge in [-0.25, -0.2) is 4.79 Å². The highest BCUT2D eigenvalue weighted by atomic mass is 35.5.